The Morgan fingerprint density at radius 1 is 1.23 bits per heavy atom. The summed E-state index contributed by atoms with van der Waals surface area (Å²) >= 11 is 1.56. The molecule has 1 aromatic heterocycles. The van der Waals surface area contributed by atoms with Crippen LogP contribution in [0.1, 0.15) is 77.9 Å². The van der Waals surface area contributed by atoms with Crippen LogP contribution in [0.5, 0.6) is 0 Å². The molecule has 8 heteroatoms. The lowest BCUT2D eigenvalue weighted by atomic mass is 9.73. The molecule has 1 heterocycles. The average molecular weight is 509 g/mol. The number of nitrogens with zero attached hydrogens (tertiary/aromatic N) is 1. The van der Waals surface area contributed by atoms with E-state index in [1.54, 1.807) is 32.1 Å². The number of Topliss-reactive ketones (excluding diaryl/α,β-unsaturated/α-hetero) is 1. The summed E-state index contributed by atoms with van der Waals surface area (Å²) in [5, 5.41) is 34.4. The van der Waals surface area contributed by atoms with Crippen LogP contribution < -0.4 is 5.73 Å². The van der Waals surface area contributed by atoms with Crippen LogP contribution in [0, 0.1) is 24.2 Å². The van der Waals surface area contributed by atoms with Crippen molar-refractivity contribution in [2.75, 3.05) is 0 Å². The third-order valence-corrected chi connectivity index (χ3v) is 7.64. The molecule has 35 heavy (non-hydrogen) atoms. The topological polar surface area (TPSA) is 134 Å². The minimum Gasteiger partial charge on any atom is -0.392 e. The van der Waals surface area contributed by atoms with Crippen molar-refractivity contribution < 1.29 is 24.9 Å². The van der Waals surface area contributed by atoms with Crippen LogP contribution in [-0.4, -0.2) is 56.7 Å². The first-order chi connectivity index (χ1) is 16.2. The highest BCUT2D eigenvalue weighted by molar-refractivity contribution is 7.09. The maximum absolute atomic E-state index is 12.9. The molecule has 198 valence electrons. The minimum absolute atomic E-state index is 0.112. The van der Waals surface area contributed by atoms with E-state index in [1.165, 1.54) is 0 Å². The third-order valence-electron chi connectivity index (χ3n) is 6.85. The number of aliphatic hydroxyl groups is 3. The van der Waals surface area contributed by atoms with Crippen LogP contribution in [-0.2, 0) is 9.59 Å². The van der Waals surface area contributed by atoms with Crippen molar-refractivity contribution in [2.45, 2.75) is 98.5 Å². The lowest BCUT2D eigenvalue weighted by Crippen LogP contribution is -2.44. The highest BCUT2D eigenvalue weighted by Gasteiger charge is 2.40. The average Bonchev–Trinajstić information content (AvgIpc) is 3.20. The number of carbonyl (C=O) groups excluding carboxylic acids is 2. The lowest BCUT2D eigenvalue weighted by molar-refractivity contribution is -0.142. The second-order valence-corrected chi connectivity index (χ2v) is 11.4. The molecule has 6 unspecified atom stereocenters. The van der Waals surface area contributed by atoms with Crippen LogP contribution >= 0.6 is 11.3 Å². The molecule has 0 amide bonds. The Morgan fingerprint density at radius 2 is 1.86 bits per heavy atom. The SMILES string of the molecule is C/C(=C/C(N)C(O)/C(C)=C/c1csc(C)n1)CCCC(C)C(O)C(C)C(=O)C(C)(C)C(O)CC=O. The Kier molecular flexibility index (Phi) is 12.7. The van der Waals surface area contributed by atoms with Gasteiger partial charge in [0, 0.05) is 17.7 Å². The van der Waals surface area contributed by atoms with Gasteiger partial charge >= 0.3 is 0 Å². The molecule has 0 fully saturated rings. The van der Waals surface area contributed by atoms with Gasteiger partial charge < -0.3 is 25.8 Å². The third kappa shape index (κ3) is 9.35. The van der Waals surface area contributed by atoms with Crippen molar-refractivity contribution in [3.63, 3.8) is 0 Å². The first-order valence-electron chi connectivity index (χ1n) is 12.3. The molecule has 1 rings (SSSR count). The van der Waals surface area contributed by atoms with E-state index in [0.717, 1.165) is 34.7 Å². The van der Waals surface area contributed by atoms with Gasteiger partial charge in [0.1, 0.15) is 12.1 Å². The number of carbonyl (C=O) groups is 2. The van der Waals surface area contributed by atoms with Crippen molar-refractivity contribution in [3.05, 3.63) is 33.3 Å². The number of nitrogens with two attached hydrogens (primary N) is 1. The Labute approximate surface area is 214 Å². The van der Waals surface area contributed by atoms with Gasteiger partial charge in [0.25, 0.3) is 0 Å². The molecular weight excluding hydrogens is 464 g/mol. The zero-order valence-electron chi connectivity index (χ0n) is 22.2. The molecule has 5 N–H and O–H groups in total. The number of rotatable bonds is 15. The maximum Gasteiger partial charge on any atom is 0.146 e. The molecule has 0 aliphatic rings. The summed E-state index contributed by atoms with van der Waals surface area (Å²) < 4.78 is 0. The summed E-state index contributed by atoms with van der Waals surface area (Å²) in [5.74, 6) is -1.02. The van der Waals surface area contributed by atoms with Crippen LogP contribution in [0.4, 0.5) is 0 Å². The molecule has 0 bridgehead atoms. The van der Waals surface area contributed by atoms with Crippen LogP contribution in [0.3, 0.4) is 0 Å². The van der Waals surface area contributed by atoms with Crippen molar-refractivity contribution in [1.82, 2.24) is 4.98 Å². The standard InChI is InChI=1S/C27H44N2O5S/c1-16(13-22(28)25(33)18(3)14-21-15-35-20(5)29-21)9-8-10-17(2)24(32)19(4)26(34)27(6,7)23(31)11-12-30/h12-15,17,19,22-25,31-33H,8-11,28H2,1-7H3/b16-13-,18-14+. The Hall–Kier alpha value is -1.71. The minimum atomic E-state index is -1.11. The maximum atomic E-state index is 12.9. The van der Waals surface area contributed by atoms with Crippen LogP contribution in [0.15, 0.2) is 22.6 Å². The fourth-order valence-electron chi connectivity index (χ4n) is 4.23. The molecule has 1 aromatic rings. The fraction of sp³-hybridized carbons (Fsp3) is 0.667. The predicted octanol–water partition coefficient (Wildman–Crippen LogP) is 3.84. The smallest absolute Gasteiger partial charge is 0.146 e. The molecule has 0 aliphatic carbocycles. The van der Waals surface area contributed by atoms with Gasteiger partial charge in [-0.15, -0.1) is 11.3 Å². The van der Waals surface area contributed by atoms with Gasteiger partial charge in [0.2, 0.25) is 0 Å². The molecule has 0 radical (unpaired) electrons. The van der Waals surface area contributed by atoms with Crippen molar-refractivity contribution in [2.24, 2.45) is 23.0 Å². The molecule has 0 saturated heterocycles. The second kappa shape index (κ2) is 14.1. The predicted molar refractivity (Wildman–Crippen MR) is 142 cm³/mol. The van der Waals surface area contributed by atoms with E-state index in [2.05, 4.69) is 4.98 Å². The van der Waals surface area contributed by atoms with Crippen molar-refractivity contribution >= 4 is 29.5 Å². The number of hydrogen-bond donors (Lipinski definition) is 4. The zero-order chi connectivity index (χ0) is 26.9. The summed E-state index contributed by atoms with van der Waals surface area (Å²) in [6.45, 7) is 12.5. The number of hydrogen-bond acceptors (Lipinski definition) is 8. The normalized spacial score (nSPS) is 18.5. The monoisotopic (exact) mass is 508 g/mol. The van der Waals surface area contributed by atoms with E-state index in [1.807, 2.05) is 45.2 Å². The Morgan fingerprint density at radius 3 is 2.40 bits per heavy atom. The molecule has 0 aromatic carbocycles. The fourth-order valence-corrected chi connectivity index (χ4v) is 4.80. The number of allylic oxidation sites excluding steroid dienone is 1. The van der Waals surface area contributed by atoms with Crippen molar-refractivity contribution in [3.8, 4) is 0 Å². The number of aliphatic hydroxyl groups excluding tert-OH is 3. The Bertz CT molecular complexity index is 892. The summed E-state index contributed by atoms with van der Waals surface area (Å²) in [7, 11) is 0. The second-order valence-electron chi connectivity index (χ2n) is 10.4. The van der Waals surface area contributed by atoms with E-state index in [9.17, 15) is 24.9 Å². The zero-order valence-corrected chi connectivity index (χ0v) is 23.0. The summed E-state index contributed by atoms with van der Waals surface area (Å²) in [6, 6.07) is -0.535. The Balaban J connectivity index is 2.61. The van der Waals surface area contributed by atoms with Gasteiger partial charge in [-0.1, -0.05) is 39.3 Å². The molecule has 7 nitrogen and oxygen atoms in total. The lowest BCUT2D eigenvalue weighted by Gasteiger charge is -2.34. The van der Waals surface area contributed by atoms with E-state index >= 15 is 0 Å². The van der Waals surface area contributed by atoms with Gasteiger partial charge in [-0.2, -0.15) is 0 Å². The van der Waals surface area contributed by atoms with Gasteiger partial charge in [-0.05, 0) is 57.6 Å². The molecule has 6 atom stereocenters. The van der Waals surface area contributed by atoms with Gasteiger partial charge in [0.15, 0.2) is 0 Å². The first kappa shape index (κ1) is 31.3. The number of thiazole rings is 1. The van der Waals surface area contributed by atoms with Crippen molar-refractivity contribution in [1.29, 1.82) is 0 Å². The number of ketones is 1. The van der Waals surface area contributed by atoms with E-state index in [4.69, 9.17) is 5.73 Å². The number of aldehydes is 1. The molecule has 0 saturated carbocycles. The van der Waals surface area contributed by atoms with E-state index < -0.39 is 35.7 Å². The highest BCUT2D eigenvalue weighted by atomic mass is 32.1. The summed E-state index contributed by atoms with van der Waals surface area (Å²) in [4.78, 5) is 28.0. The summed E-state index contributed by atoms with van der Waals surface area (Å²) in [6.07, 6.45) is 3.75. The van der Waals surface area contributed by atoms with Gasteiger partial charge in [0.05, 0.1) is 40.5 Å². The number of aryl methyl sites for hydroxylation is 1. The van der Waals surface area contributed by atoms with E-state index in [0.29, 0.717) is 12.7 Å². The highest BCUT2D eigenvalue weighted by Crippen LogP contribution is 2.31. The van der Waals surface area contributed by atoms with Crippen LogP contribution in [0.25, 0.3) is 6.08 Å². The van der Waals surface area contributed by atoms with Gasteiger partial charge in [-0.25, -0.2) is 4.98 Å². The van der Waals surface area contributed by atoms with Gasteiger partial charge in [-0.3, -0.25) is 4.79 Å². The first-order valence-corrected chi connectivity index (χ1v) is 13.2. The molecule has 0 spiro atoms. The largest absolute Gasteiger partial charge is 0.392 e. The quantitative estimate of drug-likeness (QED) is 0.209. The molecule has 0 aliphatic heterocycles. The number of aromatic nitrogens is 1. The molecular formula is C27H44N2O5S. The summed E-state index contributed by atoms with van der Waals surface area (Å²) in [5.41, 5.74) is 7.73. The van der Waals surface area contributed by atoms with E-state index in [-0.39, 0.29) is 18.1 Å². The van der Waals surface area contributed by atoms with Crippen LogP contribution in [0.2, 0.25) is 0 Å².